The predicted molar refractivity (Wildman–Crippen MR) is 84.6 cm³/mol. The molecule has 130 valence electrons. The van der Waals surface area contributed by atoms with Crippen molar-refractivity contribution in [1.29, 1.82) is 0 Å². The van der Waals surface area contributed by atoms with Crippen molar-refractivity contribution in [2.45, 2.75) is 12.8 Å². The molecule has 0 atom stereocenters. The van der Waals surface area contributed by atoms with Gasteiger partial charge in [-0.25, -0.2) is 0 Å². The van der Waals surface area contributed by atoms with Gasteiger partial charge in [0.05, 0.1) is 20.6 Å². The number of rotatable bonds is 9. The summed E-state index contributed by atoms with van der Waals surface area (Å²) in [4.78, 5) is 46.0. The number of Topliss-reactive ketones (excluding diaryl/α,β-unsaturated/α-hetero) is 1. The Kier molecular flexibility index (Phi) is 7.97. The second kappa shape index (κ2) is 9.98. The van der Waals surface area contributed by atoms with E-state index in [9.17, 15) is 19.2 Å². The number of nitrogens with one attached hydrogen (secondary N) is 2. The Balaban J connectivity index is 2.30. The molecule has 0 saturated carbocycles. The molecule has 8 nitrogen and oxygen atoms in total. The normalized spacial score (nSPS) is 9.75. The Morgan fingerprint density at radius 3 is 2.12 bits per heavy atom. The van der Waals surface area contributed by atoms with Crippen molar-refractivity contribution >= 4 is 23.6 Å². The molecular formula is C16H20N2O6. The van der Waals surface area contributed by atoms with E-state index < -0.39 is 17.7 Å². The minimum atomic E-state index is -0.789. The van der Waals surface area contributed by atoms with Crippen LogP contribution in [0.1, 0.15) is 23.2 Å². The monoisotopic (exact) mass is 336 g/mol. The van der Waals surface area contributed by atoms with Gasteiger partial charge < -0.3 is 20.1 Å². The first-order valence-corrected chi connectivity index (χ1v) is 7.28. The zero-order chi connectivity index (χ0) is 17.9. The summed E-state index contributed by atoms with van der Waals surface area (Å²) in [5.74, 6) is -1.66. The number of esters is 1. The highest BCUT2D eigenvalue weighted by molar-refractivity contribution is 6.42. The highest BCUT2D eigenvalue weighted by atomic mass is 16.5. The van der Waals surface area contributed by atoms with E-state index in [0.717, 1.165) is 0 Å². The summed E-state index contributed by atoms with van der Waals surface area (Å²) in [5.41, 5.74) is 0.232. The van der Waals surface area contributed by atoms with Crippen molar-refractivity contribution in [2.75, 3.05) is 27.3 Å². The van der Waals surface area contributed by atoms with Crippen molar-refractivity contribution in [2.24, 2.45) is 0 Å². The Morgan fingerprint density at radius 1 is 0.917 bits per heavy atom. The average molecular weight is 336 g/mol. The van der Waals surface area contributed by atoms with Gasteiger partial charge in [0.2, 0.25) is 11.7 Å². The topological polar surface area (TPSA) is 111 Å². The Hall–Kier alpha value is -2.90. The Labute approximate surface area is 139 Å². The highest BCUT2D eigenvalue weighted by Crippen LogP contribution is 2.11. The molecule has 0 radical (unpaired) electrons. The molecule has 0 aliphatic rings. The highest BCUT2D eigenvalue weighted by Gasteiger charge is 2.16. The number of ether oxygens (including phenoxy) is 2. The Morgan fingerprint density at radius 2 is 1.54 bits per heavy atom. The van der Waals surface area contributed by atoms with Crippen LogP contribution in [0.25, 0.3) is 0 Å². The fraction of sp³-hybridized carbons (Fsp3) is 0.375. The molecule has 2 N–H and O–H groups in total. The molecule has 0 saturated heterocycles. The van der Waals surface area contributed by atoms with Crippen LogP contribution in [-0.4, -0.2) is 50.9 Å². The van der Waals surface area contributed by atoms with Gasteiger partial charge in [-0.2, -0.15) is 0 Å². The number of carbonyl (C=O) groups is 4. The zero-order valence-electron chi connectivity index (χ0n) is 13.6. The summed E-state index contributed by atoms with van der Waals surface area (Å²) in [6.07, 6.45) is 0.0767. The third-order valence-electron chi connectivity index (χ3n) is 3.08. The summed E-state index contributed by atoms with van der Waals surface area (Å²) in [6, 6.07) is 6.13. The van der Waals surface area contributed by atoms with E-state index in [2.05, 4.69) is 15.4 Å². The van der Waals surface area contributed by atoms with Crippen molar-refractivity contribution < 1.29 is 28.7 Å². The number of benzene rings is 1. The van der Waals surface area contributed by atoms with Crippen molar-refractivity contribution in [3.63, 3.8) is 0 Å². The van der Waals surface area contributed by atoms with Gasteiger partial charge in [-0.15, -0.1) is 0 Å². The summed E-state index contributed by atoms with van der Waals surface area (Å²) < 4.78 is 9.40. The molecule has 1 aromatic carbocycles. The Bertz CT molecular complexity index is 597. The first kappa shape index (κ1) is 19.1. The molecule has 0 heterocycles. The quantitative estimate of drug-likeness (QED) is 0.375. The molecule has 0 unspecified atom stereocenters. The summed E-state index contributed by atoms with van der Waals surface area (Å²) in [6.45, 7) is 0.176. The lowest BCUT2D eigenvalue weighted by Gasteiger charge is -2.06. The van der Waals surface area contributed by atoms with E-state index >= 15 is 0 Å². The van der Waals surface area contributed by atoms with Crippen LogP contribution >= 0.6 is 0 Å². The van der Waals surface area contributed by atoms with Crippen LogP contribution in [0.3, 0.4) is 0 Å². The van der Waals surface area contributed by atoms with Crippen LogP contribution in [0.2, 0.25) is 0 Å². The van der Waals surface area contributed by atoms with Crippen LogP contribution in [0.15, 0.2) is 24.3 Å². The van der Waals surface area contributed by atoms with Gasteiger partial charge >= 0.3 is 5.97 Å². The third kappa shape index (κ3) is 6.47. The van der Waals surface area contributed by atoms with Gasteiger partial charge in [-0.05, 0) is 24.3 Å². The molecule has 1 aromatic rings. The molecule has 0 aliphatic heterocycles. The fourth-order valence-corrected chi connectivity index (χ4v) is 1.74. The number of amides is 2. The van der Waals surface area contributed by atoms with E-state index in [1.54, 1.807) is 12.1 Å². The number of hydrogen-bond acceptors (Lipinski definition) is 6. The maximum atomic E-state index is 11.9. The maximum absolute atomic E-state index is 11.9. The van der Waals surface area contributed by atoms with Gasteiger partial charge in [-0.1, -0.05) is 0 Å². The number of carbonyl (C=O) groups excluding carboxylic acids is 4. The second-order valence-electron chi connectivity index (χ2n) is 4.74. The van der Waals surface area contributed by atoms with Gasteiger partial charge in [0, 0.05) is 25.1 Å². The molecule has 0 aromatic heterocycles. The number of methoxy groups -OCH3 is 2. The summed E-state index contributed by atoms with van der Waals surface area (Å²) in [5, 5.41) is 4.88. The molecular weight excluding hydrogens is 316 g/mol. The third-order valence-corrected chi connectivity index (χ3v) is 3.08. The maximum Gasteiger partial charge on any atom is 0.307 e. The van der Waals surface area contributed by atoms with Gasteiger partial charge in [0.25, 0.3) is 5.91 Å². The van der Waals surface area contributed by atoms with Crippen LogP contribution in [-0.2, 0) is 19.1 Å². The first-order chi connectivity index (χ1) is 11.5. The predicted octanol–water partition coefficient (Wildman–Crippen LogP) is 0.0635. The SMILES string of the molecule is COC(=O)CCNC(=O)CCNC(=O)C(=O)c1ccc(OC)cc1. The average Bonchev–Trinajstić information content (AvgIpc) is 2.60. The van der Waals surface area contributed by atoms with E-state index in [4.69, 9.17) is 4.74 Å². The minimum Gasteiger partial charge on any atom is -0.497 e. The van der Waals surface area contributed by atoms with Gasteiger partial charge in [-0.3, -0.25) is 19.2 Å². The van der Waals surface area contributed by atoms with Crippen molar-refractivity contribution in [3.05, 3.63) is 29.8 Å². The van der Waals surface area contributed by atoms with Crippen LogP contribution in [0, 0.1) is 0 Å². The van der Waals surface area contributed by atoms with Crippen LogP contribution in [0.5, 0.6) is 5.75 Å². The lowest BCUT2D eigenvalue weighted by Crippen LogP contribution is -2.35. The van der Waals surface area contributed by atoms with Crippen molar-refractivity contribution in [1.82, 2.24) is 10.6 Å². The van der Waals surface area contributed by atoms with E-state index in [1.807, 2.05) is 0 Å². The van der Waals surface area contributed by atoms with E-state index in [0.29, 0.717) is 5.75 Å². The molecule has 2 amide bonds. The van der Waals surface area contributed by atoms with Crippen LogP contribution < -0.4 is 15.4 Å². The van der Waals surface area contributed by atoms with E-state index in [1.165, 1.54) is 26.4 Å². The van der Waals surface area contributed by atoms with Gasteiger partial charge in [0.1, 0.15) is 5.75 Å². The molecule has 1 rings (SSSR count). The smallest absolute Gasteiger partial charge is 0.307 e. The summed E-state index contributed by atoms with van der Waals surface area (Å²) >= 11 is 0. The molecule has 8 heteroatoms. The standard InChI is InChI=1S/C16H20N2O6/c1-23-12-5-3-11(4-6-12)15(21)16(22)18-9-7-13(19)17-10-8-14(20)24-2/h3-6H,7-10H2,1-2H3,(H,17,19)(H,18,22). The van der Waals surface area contributed by atoms with E-state index in [-0.39, 0.29) is 37.4 Å². The molecule has 0 bridgehead atoms. The van der Waals surface area contributed by atoms with Crippen molar-refractivity contribution in [3.8, 4) is 5.75 Å². The molecule has 0 aliphatic carbocycles. The molecule has 24 heavy (non-hydrogen) atoms. The number of ketones is 1. The molecule has 0 spiro atoms. The summed E-state index contributed by atoms with van der Waals surface area (Å²) in [7, 11) is 2.76. The lowest BCUT2D eigenvalue weighted by atomic mass is 10.1. The van der Waals surface area contributed by atoms with Gasteiger partial charge in [0.15, 0.2) is 0 Å². The largest absolute Gasteiger partial charge is 0.497 e. The fourth-order valence-electron chi connectivity index (χ4n) is 1.74. The molecule has 0 fully saturated rings. The first-order valence-electron chi connectivity index (χ1n) is 7.28. The number of hydrogen-bond donors (Lipinski definition) is 2. The van der Waals surface area contributed by atoms with Crippen LogP contribution in [0.4, 0.5) is 0 Å². The zero-order valence-corrected chi connectivity index (χ0v) is 13.6. The minimum absolute atomic E-state index is 0.00278. The second-order valence-corrected chi connectivity index (χ2v) is 4.74. The lowest BCUT2D eigenvalue weighted by molar-refractivity contribution is -0.140.